The lowest BCUT2D eigenvalue weighted by Gasteiger charge is -2.35. The topological polar surface area (TPSA) is 58.6 Å². The molecule has 2 amide bonds. The zero-order valence-electron chi connectivity index (χ0n) is 16.3. The summed E-state index contributed by atoms with van der Waals surface area (Å²) in [4.78, 5) is 27.3. The van der Waals surface area contributed by atoms with E-state index >= 15 is 0 Å². The van der Waals surface area contributed by atoms with E-state index in [1.807, 2.05) is 54.6 Å². The summed E-state index contributed by atoms with van der Waals surface area (Å²) >= 11 is 0. The Bertz CT molecular complexity index is 1040. The highest BCUT2D eigenvalue weighted by molar-refractivity contribution is 5.97. The molecule has 1 atom stereocenters. The number of ether oxygens (including phenoxy) is 1. The van der Waals surface area contributed by atoms with E-state index in [4.69, 9.17) is 4.74 Å². The SMILES string of the molecule is O=C(Nc1ccc(F)cc1)C1Cc2ccccc2CN1C(=O)OCc1ccccc1. The standard InChI is InChI=1S/C24H21FN2O3/c25-20-10-12-21(13-11-20)26-23(28)22-14-18-8-4-5-9-19(18)15-27(22)24(29)30-16-17-6-2-1-3-7-17/h1-13,22H,14-16H2,(H,26,28). The van der Waals surface area contributed by atoms with Crippen LogP contribution in [-0.4, -0.2) is 22.9 Å². The summed E-state index contributed by atoms with van der Waals surface area (Å²) in [6.07, 6.45) is -0.170. The van der Waals surface area contributed by atoms with Gasteiger partial charge in [0.1, 0.15) is 18.5 Å². The third-order valence-corrected chi connectivity index (χ3v) is 5.10. The molecule has 1 aliphatic rings. The van der Waals surface area contributed by atoms with Gasteiger partial charge in [0.05, 0.1) is 6.54 Å². The van der Waals surface area contributed by atoms with E-state index in [0.29, 0.717) is 12.1 Å². The number of carbonyl (C=O) groups excluding carboxylic acids is 2. The van der Waals surface area contributed by atoms with Gasteiger partial charge in [0.2, 0.25) is 5.91 Å². The minimum Gasteiger partial charge on any atom is -0.445 e. The van der Waals surface area contributed by atoms with Crippen molar-refractivity contribution in [3.8, 4) is 0 Å². The summed E-state index contributed by atoms with van der Waals surface area (Å²) < 4.78 is 18.6. The minimum atomic E-state index is -0.728. The second-order valence-electron chi connectivity index (χ2n) is 7.15. The molecule has 0 aliphatic carbocycles. The van der Waals surface area contributed by atoms with E-state index in [0.717, 1.165) is 16.7 Å². The van der Waals surface area contributed by atoms with Crippen molar-refractivity contribution < 1.29 is 18.7 Å². The first kappa shape index (κ1) is 19.6. The number of amides is 2. The van der Waals surface area contributed by atoms with E-state index < -0.39 is 12.1 Å². The number of anilines is 1. The second-order valence-corrected chi connectivity index (χ2v) is 7.15. The molecule has 1 N–H and O–H groups in total. The molecule has 5 nitrogen and oxygen atoms in total. The summed E-state index contributed by atoms with van der Waals surface area (Å²) in [6, 6.07) is 21.9. The Morgan fingerprint density at radius 2 is 1.60 bits per heavy atom. The van der Waals surface area contributed by atoms with Gasteiger partial charge in [-0.05, 0) is 41.0 Å². The van der Waals surface area contributed by atoms with Crippen molar-refractivity contribution in [2.24, 2.45) is 0 Å². The zero-order chi connectivity index (χ0) is 20.9. The molecule has 0 saturated heterocycles. The second kappa shape index (κ2) is 8.78. The van der Waals surface area contributed by atoms with Crippen molar-refractivity contribution in [3.63, 3.8) is 0 Å². The van der Waals surface area contributed by atoms with Crippen LogP contribution in [0.25, 0.3) is 0 Å². The van der Waals surface area contributed by atoms with Crippen molar-refractivity contribution in [2.45, 2.75) is 25.6 Å². The Balaban J connectivity index is 1.52. The average Bonchev–Trinajstić information content (AvgIpc) is 2.78. The molecule has 0 radical (unpaired) electrons. The fraction of sp³-hybridized carbons (Fsp3) is 0.167. The number of benzene rings is 3. The van der Waals surface area contributed by atoms with Crippen molar-refractivity contribution in [1.29, 1.82) is 0 Å². The summed E-state index contributed by atoms with van der Waals surface area (Å²) in [5.41, 5.74) is 3.34. The van der Waals surface area contributed by atoms with Crippen LogP contribution in [0, 0.1) is 5.82 Å². The first-order chi connectivity index (χ1) is 14.6. The number of hydrogen-bond acceptors (Lipinski definition) is 3. The third-order valence-electron chi connectivity index (χ3n) is 5.10. The normalized spacial score (nSPS) is 15.2. The quantitative estimate of drug-likeness (QED) is 0.695. The molecule has 0 aromatic heterocycles. The van der Waals surface area contributed by atoms with Crippen LogP contribution >= 0.6 is 0 Å². The number of hydrogen-bond donors (Lipinski definition) is 1. The lowest BCUT2D eigenvalue weighted by Crippen LogP contribution is -2.50. The number of halogens is 1. The lowest BCUT2D eigenvalue weighted by atomic mass is 9.94. The molecule has 0 fully saturated rings. The Morgan fingerprint density at radius 1 is 0.933 bits per heavy atom. The Kier molecular flexibility index (Phi) is 5.75. The summed E-state index contributed by atoms with van der Waals surface area (Å²) in [5.74, 6) is -0.724. The molecule has 0 spiro atoms. The molecule has 30 heavy (non-hydrogen) atoms. The van der Waals surface area contributed by atoms with Gasteiger partial charge in [-0.2, -0.15) is 0 Å². The molecule has 0 bridgehead atoms. The highest BCUT2D eigenvalue weighted by Gasteiger charge is 2.35. The van der Waals surface area contributed by atoms with Gasteiger partial charge in [-0.1, -0.05) is 54.6 Å². The number of fused-ring (bicyclic) bond motifs is 1. The Morgan fingerprint density at radius 3 is 2.33 bits per heavy atom. The van der Waals surface area contributed by atoms with Crippen molar-refractivity contribution in [2.75, 3.05) is 5.32 Å². The molecular weight excluding hydrogens is 383 g/mol. The molecular formula is C24H21FN2O3. The number of carbonyl (C=O) groups is 2. The van der Waals surface area contributed by atoms with E-state index in [1.54, 1.807) is 0 Å². The minimum absolute atomic E-state index is 0.129. The maximum absolute atomic E-state index is 13.2. The fourth-order valence-corrected chi connectivity index (χ4v) is 3.51. The zero-order valence-corrected chi connectivity index (χ0v) is 16.3. The van der Waals surface area contributed by atoms with Gasteiger partial charge < -0.3 is 10.1 Å². The largest absolute Gasteiger partial charge is 0.445 e. The predicted molar refractivity (Wildman–Crippen MR) is 111 cm³/mol. The van der Waals surface area contributed by atoms with Crippen molar-refractivity contribution in [3.05, 3.63) is 101 Å². The van der Waals surface area contributed by atoms with Gasteiger partial charge in [-0.25, -0.2) is 9.18 Å². The van der Waals surface area contributed by atoms with E-state index in [9.17, 15) is 14.0 Å². The van der Waals surface area contributed by atoms with Crippen LogP contribution in [0.15, 0.2) is 78.9 Å². The van der Waals surface area contributed by atoms with Crippen LogP contribution < -0.4 is 5.32 Å². The van der Waals surface area contributed by atoms with Crippen molar-refractivity contribution >= 4 is 17.7 Å². The number of nitrogens with zero attached hydrogens (tertiary/aromatic N) is 1. The number of rotatable bonds is 4. The maximum Gasteiger partial charge on any atom is 0.411 e. The van der Waals surface area contributed by atoms with E-state index in [-0.39, 0.29) is 24.9 Å². The van der Waals surface area contributed by atoms with Crippen LogP contribution in [0.2, 0.25) is 0 Å². The smallest absolute Gasteiger partial charge is 0.411 e. The number of nitrogens with one attached hydrogen (secondary N) is 1. The van der Waals surface area contributed by atoms with Crippen LogP contribution in [0.5, 0.6) is 0 Å². The van der Waals surface area contributed by atoms with Crippen LogP contribution in [0.1, 0.15) is 16.7 Å². The third kappa shape index (κ3) is 4.49. The molecule has 0 saturated carbocycles. The van der Waals surface area contributed by atoms with Gasteiger partial charge in [-0.3, -0.25) is 9.69 Å². The maximum atomic E-state index is 13.2. The Hall–Kier alpha value is -3.67. The molecule has 4 rings (SSSR count). The predicted octanol–water partition coefficient (Wildman–Crippen LogP) is 4.53. The van der Waals surface area contributed by atoms with Crippen LogP contribution in [0.4, 0.5) is 14.9 Å². The molecule has 1 unspecified atom stereocenters. The molecule has 3 aromatic carbocycles. The average molecular weight is 404 g/mol. The van der Waals surface area contributed by atoms with Gasteiger partial charge in [0.25, 0.3) is 0 Å². The summed E-state index contributed by atoms with van der Waals surface area (Å²) in [6.45, 7) is 0.412. The first-order valence-corrected chi connectivity index (χ1v) is 9.71. The van der Waals surface area contributed by atoms with Gasteiger partial charge in [-0.15, -0.1) is 0 Å². The van der Waals surface area contributed by atoms with Gasteiger partial charge in [0.15, 0.2) is 0 Å². The van der Waals surface area contributed by atoms with Gasteiger partial charge >= 0.3 is 6.09 Å². The first-order valence-electron chi connectivity index (χ1n) is 9.71. The molecule has 152 valence electrons. The van der Waals surface area contributed by atoms with Crippen LogP contribution in [0.3, 0.4) is 0 Å². The van der Waals surface area contributed by atoms with E-state index in [2.05, 4.69) is 5.32 Å². The van der Waals surface area contributed by atoms with Gasteiger partial charge in [0, 0.05) is 12.1 Å². The molecule has 1 heterocycles. The highest BCUT2D eigenvalue weighted by atomic mass is 19.1. The summed E-state index contributed by atoms with van der Waals surface area (Å²) in [5, 5.41) is 2.77. The summed E-state index contributed by atoms with van der Waals surface area (Å²) in [7, 11) is 0. The Labute approximate surface area is 174 Å². The lowest BCUT2D eigenvalue weighted by molar-refractivity contribution is -0.121. The highest BCUT2D eigenvalue weighted by Crippen LogP contribution is 2.25. The van der Waals surface area contributed by atoms with Crippen molar-refractivity contribution in [1.82, 2.24) is 4.90 Å². The molecule has 3 aromatic rings. The molecule has 6 heteroatoms. The van der Waals surface area contributed by atoms with Crippen LogP contribution in [-0.2, 0) is 29.1 Å². The monoisotopic (exact) mass is 404 g/mol. The van der Waals surface area contributed by atoms with E-state index in [1.165, 1.54) is 29.2 Å². The fourth-order valence-electron chi connectivity index (χ4n) is 3.51. The molecule has 1 aliphatic heterocycles.